The molecular formula is C23H24N8OS. The average Bonchev–Trinajstić information content (AvgIpc) is 3.33. The third-order valence-electron chi connectivity index (χ3n) is 5.49. The van der Waals surface area contributed by atoms with Gasteiger partial charge in [-0.3, -0.25) is 14.7 Å². The van der Waals surface area contributed by atoms with Crippen LogP contribution in [0.1, 0.15) is 11.3 Å². The van der Waals surface area contributed by atoms with E-state index in [4.69, 9.17) is 4.98 Å². The van der Waals surface area contributed by atoms with Gasteiger partial charge in [0.05, 0.1) is 11.4 Å². The molecule has 5 rings (SSSR count). The van der Waals surface area contributed by atoms with Crippen molar-refractivity contribution in [1.82, 2.24) is 35.1 Å². The molecule has 168 valence electrons. The number of piperazine rings is 1. The number of rotatable bonds is 7. The van der Waals surface area contributed by atoms with E-state index in [0.29, 0.717) is 22.6 Å². The molecule has 2 aromatic carbocycles. The number of aromatic amines is 1. The summed E-state index contributed by atoms with van der Waals surface area (Å²) in [6, 6.07) is 21.7. The van der Waals surface area contributed by atoms with Gasteiger partial charge in [-0.15, -0.1) is 5.10 Å². The van der Waals surface area contributed by atoms with E-state index >= 15 is 0 Å². The topological polar surface area (TPSA) is 95.8 Å². The zero-order chi connectivity index (χ0) is 22.5. The molecule has 9 nitrogen and oxygen atoms in total. The summed E-state index contributed by atoms with van der Waals surface area (Å²) in [4.78, 5) is 24.5. The fourth-order valence-electron chi connectivity index (χ4n) is 3.82. The summed E-state index contributed by atoms with van der Waals surface area (Å²) < 4.78 is 1.69. The molecule has 1 saturated heterocycles. The lowest BCUT2D eigenvalue weighted by atomic mass is 10.2. The van der Waals surface area contributed by atoms with E-state index in [9.17, 15) is 4.79 Å². The molecule has 1 aliphatic heterocycles. The first-order valence-electron chi connectivity index (χ1n) is 10.8. The van der Waals surface area contributed by atoms with Crippen LogP contribution in [0.5, 0.6) is 0 Å². The summed E-state index contributed by atoms with van der Waals surface area (Å²) in [7, 11) is 0. The molecule has 2 aromatic heterocycles. The maximum absolute atomic E-state index is 12.3. The molecule has 0 aliphatic carbocycles. The summed E-state index contributed by atoms with van der Waals surface area (Å²) in [6.07, 6.45) is 0. The SMILES string of the molecule is O=c1cc(CSc2nnnn2-c2ccccc2)nc(N2CCN(Cc3ccccc3)CC2)[nH]1. The van der Waals surface area contributed by atoms with Crippen molar-refractivity contribution in [3.8, 4) is 5.69 Å². The van der Waals surface area contributed by atoms with Crippen molar-refractivity contribution in [2.75, 3.05) is 31.1 Å². The molecule has 0 radical (unpaired) electrons. The lowest BCUT2D eigenvalue weighted by Gasteiger charge is -2.35. The molecule has 0 amide bonds. The first-order valence-corrected chi connectivity index (χ1v) is 11.8. The molecule has 4 aromatic rings. The molecule has 33 heavy (non-hydrogen) atoms. The number of nitrogens with zero attached hydrogens (tertiary/aromatic N) is 7. The number of nitrogens with one attached hydrogen (secondary N) is 1. The van der Waals surface area contributed by atoms with Gasteiger partial charge in [0.15, 0.2) is 0 Å². The van der Waals surface area contributed by atoms with Crippen molar-refractivity contribution in [3.63, 3.8) is 0 Å². The fraction of sp³-hybridized carbons (Fsp3) is 0.261. The van der Waals surface area contributed by atoms with Crippen LogP contribution >= 0.6 is 11.8 Å². The predicted octanol–water partition coefficient (Wildman–Crippen LogP) is 2.36. The quantitative estimate of drug-likeness (QED) is 0.420. The van der Waals surface area contributed by atoms with Crippen molar-refractivity contribution in [1.29, 1.82) is 0 Å². The van der Waals surface area contributed by atoms with Crippen LogP contribution < -0.4 is 10.5 Å². The Hall–Kier alpha value is -3.50. The van der Waals surface area contributed by atoms with E-state index in [0.717, 1.165) is 38.4 Å². The van der Waals surface area contributed by atoms with Crippen LogP contribution in [-0.4, -0.2) is 61.3 Å². The Morgan fingerprint density at radius 2 is 1.67 bits per heavy atom. The highest BCUT2D eigenvalue weighted by molar-refractivity contribution is 7.98. The van der Waals surface area contributed by atoms with E-state index in [1.54, 1.807) is 10.7 Å². The van der Waals surface area contributed by atoms with Crippen molar-refractivity contribution in [2.24, 2.45) is 0 Å². The number of hydrogen-bond donors (Lipinski definition) is 1. The van der Waals surface area contributed by atoms with Crippen LogP contribution in [0.4, 0.5) is 5.95 Å². The Kier molecular flexibility index (Phi) is 6.45. The van der Waals surface area contributed by atoms with Crippen LogP contribution in [-0.2, 0) is 12.3 Å². The molecule has 1 fully saturated rings. The Morgan fingerprint density at radius 1 is 0.939 bits per heavy atom. The summed E-state index contributed by atoms with van der Waals surface area (Å²) in [5, 5.41) is 12.6. The smallest absolute Gasteiger partial charge is 0.252 e. The van der Waals surface area contributed by atoms with E-state index in [1.165, 1.54) is 17.3 Å². The number of para-hydroxylation sites is 1. The largest absolute Gasteiger partial charge is 0.340 e. The number of aromatic nitrogens is 6. The van der Waals surface area contributed by atoms with Gasteiger partial charge in [0.1, 0.15) is 0 Å². The molecule has 0 spiro atoms. The third kappa shape index (κ3) is 5.29. The van der Waals surface area contributed by atoms with Crippen LogP contribution in [0.15, 0.2) is 76.7 Å². The van der Waals surface area contributed by atoms with Gasteiger partial charge in [0.25, 0.3) is 5.56 Å². The standard InChI is InChI=1S/C23H24N8OS/c32-21-15-19(17-33-23-26-27-28-31(23)20-9-5-2-6-10-20)24-22(25-21)30-13-11-29(12-14-30)16-18-7-3-1-4-8-18/h1-10,15H,11-14,16-17H2,(H,24,25,32). The van der Waals surface area contributed by atoms with Crippen LogP contribution in [0.3, 0.4) is 0 Å². The summed E-state index contributed by atoms with van der Waals surface area (Å²) in [5.41, 5.74) is 2.75. The Balaban J connectivity index is 1.23. The molecular weight excluding hydrogens is 436 g/mol. The molecule has 10 heteroatoms. The maximum atomic E-state index is 12.3. The van der Waals surface area contributed by atoms with Gasteiger partial charge in [-0.1, -0.05) is 60.3 Å². The molecule has 1 N–H and O–H groups in total. The van der Waals surface area contributed by atoms with Gasteiger partial charge < -0.3 is 4.90 Å². The lowest BCUT2D eigenvalue weighted by molar-refractivity contribution is 0.248. The highest BCUT2D eigenvalue weighted by atomic mass is 32.2. The lowest BCUT2D eigenvalue weighted by Crippen LogP contribution is -2.47. The van der Waals surface area contributed by atoms with E-state index < -0.39 is 0 Å². The average molecular weight is 461 g/mol. The van der Waals surface area contributed by atoms with Crippen molar-refractivity contribution in [2.45, 2.75) is 17.5 Å². The zero-order valence-corrected chi connectivity index (χ0v) is 18.9. The van der Waals surface area contributed by atoms with Crippen LogP contribution in [0.2, 0.25) is 0 Å². The minimum atomic E-state index is -0.148. The highest BCUT2D eigenvalue weighted by Gasteiger charge is 2.19. The Morgan fingerprint density at radius 3 is 2.42 bits per heavy atom. The highest BCUT2D eigenvalue weighted by Crippen LogP contribution is 2.22. The number of H-pyrrole nitrogens is 1. The first-order chi connectivity index (χ1) is 16.2. The molecule has 3 heterocycles. The molecule has 0 bridgehead atoms. The monoisotopic (exact) mass is 460 g/mol. The third-order valence-corrected chi connectivity index (χ3v) is 6.45. The summed E-state index contributed by atoms with van der Waals surface area (Å²) >= 11 is 1.45. The van der Waals surface area contributed by atoms with Gasteiger partial charge in [-0.05, 0) is 28.1 Å². The second kappa shape index (κ2) is 9.97. The van der Waals surface area contributed by atoms with E-state index in [2.05, 4.69) is 54.6 Å². The van der Waals surface area contributed by atoms with E-state index in [1.807, 2.05) is 36.4 Å². The number of hydrogen-bond acceptors (Lipinski definition) is 8. The minimum Gasteiger partial charge on any atom is -0.340 e. The zero-order valence-electron chi connectivity index (χ0n) is 18.0. The molecule has 0 atom stereocenters. The van der Waals surface area contributed by atoms with Crippen LogP contribution in [0, 0.1) is 0 Å². The Bertz CT molecular complexity index is 1240. The van der Waals surface area contributed by atoms with Gasteiger partial charge in [-0.25, -0.2) is 4.98 Å². The van der Waals surface area contributed by atoms with Gasteiger partial charge in [-0.2, -0.15) is 4.68 Å². The van der Waals surface area contributed by atoms with Crippen LogP contribution in [0.25, 0.3) is 5.69 Å². The minimum absolute atomic E-state index is 0.148. The second-order valence-corrected chi connectivity index (χ2v) is 8.75. The number of thioether (sulfide) groups is 1. The number of benzene rings is 2. The maximum Gasteiger partial charge on any atom is 0.252 e. The van der Waals surface area contributed by atoms with Crippen molar-refractivity contribution < 1.29 is 0 Å². The van der Waals surface area contributed by atoms with E-state index in [-0.39, 0.29) is 5.56 Å². The van der Waals surface area contributed by atoms with Gasteiger partial charge in [0, 0.05) is 44.5 Å². The summed E-state index contributed by atoms with van der Waals surface area (Å²) in [6.45, 7) is 4.41. The van der Waals surface area contributed by atoms with Gasteiger partial charge in [0.2, 0.25) is 11.1 Å². The Labute approximate surface area is 195 Å². The predicted molar refractivity (Wildman–Crippen MR) is 128 cm³/mol. The van der Waals surface area contributed by atoms with Gasteiger partial charge >= 0.3 is 0 Å². The second-order valence-electron chi connectivity index (χ2n) is 7.81. The summed E-state index contributed by atoms with van der Waals surface area (Å²) in [5.74, 6) is 1.12. The van der Waals surface area contributed by atoms with Crippen molar-refractivity contribution in [3.05, 3.63) is 88.3 Å². The normalized spacial score (nSPS) is 14.5. The fourth-order valence-corrected chi connectivity index (χ4v) is 4.60. The number of anilines is 1. The molecule has 0 saturated carbocycles. The van der Waals surface area contributed by atoms with Crippen molar-refractivity contribution >= 4 is 17.7 Å². The molecule has 1 aliphatic rings. The number of tetrazole rings is 1. The first kappa shape index (κ1) is 21.4. The molecule has 0 unspecified atom stereocenters.